The first kappa shape index (κ1) is 27.3. The standard InChI is InChI=1S/C29H29N3O4S2/c33-27(21-11-19(16-37)10-20(12-21)17-38)31-25(14-22-15-30-24-9-5-4-8-23(22)24)28(34)32-26(29(35)36)13-18-6-2-1-3-7-18/h1-12,15,25-26,30,37-38H,13-14,16-17H2,(H,31,33)(H,32,34)(H,35,36). The van der Waals surface area contributed by atoms with Crippen LogP contribution in [0.3, 0.4) is 0 Å². The summed E-state index contributed by atoms with van der Waals surface area (Å²) in [6, 6.07) is 19.9. The molecule has 0 radical (unpaired) electrons. The Morgan fingerprint density at radius 2 is 1.45 bits per heavy atom. The summed E-state index contributed by atoms with van der Waals surface area (Å²) in [4.78, 5) is 42.0. The summed E-state index contributed by atoms with van der Waals surface area (Å²) in [5.41, 5.74) is 4.61. The van der Waals surface area contributed by atoms with Gasteiger partial charge in [-0.15, -0.1) is 0 Å². The van der Waals surface area contributed by atoms with Crippen molar-refractivity contribution in [2.24, 2.45) is 0 Å². The fourth-order valence-electron chi connectivity index (χ4n) is 4.37. The van der Waals surface area contributed by atoms with Gasteiger partial charge in [0.1, 0.15) is 12.1 Å². The molecular weight excluding hydrogens is 518 g/mol. The van der Waals surface area contributed by atoms with Crippen LogP contribution in [-0.4, -0.2) is 40.0 Å². The Kier molecular flexibility index (Phi) is 9.15. The number of benzene rings is 3. The van der Waals surface area contributed by atoms with E-state index in [0.717, 1.165) is 33.2 Å². The summed E-state index contributed by atoms with van der Waals surface area (Å²) in [6.45, 7) is 0. The molecule has 0 saturated carbocycles. The van der Waals surface area contributed by atoms with Crippen molar-refractivity contribution < 1.29 is 19.5 Å². The lowest BCUT2D eigenvalue weighted by Crippen LogP contribution is -2.53. The highest BCUT2D eigenvalue weighted by Gasteiger charge is 2.28. The molecule has 0 spiro atoms. The average molecular weight is 548 g/mol. The number of aliphatic carboxylic acids is 1. The number of carbonyl (C=O) groups excluding carboxylic acids is 2. The Labute approximate surface area is 231 Å². The lowest BCUT2D eigenvalue weighted by molar-refractivity contribution is -0.142. The topological polar surface area (TPSA) is 111 Å². The summed E-state index contributed by atoms with van der Waals surface area (Å²) in [5, 5.41) is 16.2. The Hall–Kier alpha value is -3.69. The number of nitrogens with one attached hydrogen (secondary N) is 3. The maximum absolute atomic E-state index is 13.5. The van der Waals surface area contributed by atoms with E-state index in [4.69, 9.17) is 0 Å². The van der Waals surface area contributed by atoms with Gasteiger partial charge in [-0.05, 0) is 40.5 Å². The lowest BCUT2D eigenvalue weighted by atomic mass is 10.0. The molecule has 196 valence electrons. The van der Waals surface area contributed by atoms with Crippen molar-refractivity contribution in [3.63, 3.8) is 0 Å². The van der Waals surface area contributed by atoms with Crippen LogP contribution in [0.2, 0.25) is 0 Å². The number of hydrogen-bond donors (Lipinski definition) is 6. The SMILES string of the molecule is O=C(NC(Cc1c[nH]c2ccccc12)C(=O)NC(Cc1ccccc1)C(=O)O)c1cc(CS)cc(CS)c1. The van der Waals surface area contributed by atoms with E-state index in [-0.39, 0.29) is 12.8 Å². The van der Waals surface area contributed by atoms with E-state index in [2.05, 4.69) is 40.9 Å². The molecule has 7 nitrogen and oxygen atoms in total. The molecule has 0 aliphatic carbocycles. The molecule has 9 heteroatoms. The lowest BCUT2D eigenvalue weighted by Gasteiger charge is -2.22. The smallest absolute Gasteiger partial charge is 0.326 e. The Morgan fingerprint density at radius 3 is 2.11 bits per heavy atom. The Bertz CT molecular complexity index is 1420. The number of aromatic nitrogens is 1. The van der Waals surface area contributed by atoms with E-state index >= 15 is 0 Å². The van der Waals surface area contributed by atoms with Gasteiger partial charge in [-0.3, -0.25) is 9.59 Å². The van der Waals surface area contributed by atoms with Crippen molar-refractivity contribution in [1.29, 1.82) is 0 Å². The zero-order valence-electron chi connectivity index (χ0n) is 20.6. The quantitative estimate of drug-likeness (QED) is 0.158. The van der Waals surface area contributed by atoms with E-state index < -0.39 is 29.9 Å². The molecule has 0 bridgehead atoms. The summed E-state index contributed by atoms with van der Waals surface area (Å²) in [5.74, 6) is -1.28. The normalized spacial score (nSPS) is 12.6. The fraction of sp³-hybridized carbons (Fsp3) is 0.207. The van der Waals surface area contributed by atoms with Crippen molar-refractivity contribution in [1.82, 2.24) is 15.6 Å². The maximum atomic E-state index is 13.5. The predicted octanol–water partition coefficient (Wildman–Crippen LogP) is 4.18. The Balaban J connectivity index is 1.61. The van der Waals surface area contributed by atoms with Crippen LogP contribution >= 0.6 is 25.3 Å². The van der Waals surface area contributed by atoms with E-state index in [9.17, 15) is 19.5 Å². The number of carbonyl (C=O) groups is 3. The van der Waals surface area contributed by atoms with Gasteiger partial charge in [0.05, 0.1) is 0 Å². The summed E-state index contributed by atoms with van der Waals surface area (Å²) >= 11 is 8.65. The second kappa shape index (κ2) is 12.7. The van der Waals surface area contributed by atoms with Crippen LogP contribution in [0, 0.1) is 0 Å². The van der Waals surface area contributed by atoms with E-state index in [1.54, 1.807) is 30.5 Å². The molecule has 4 N–H and O–H groups in total. The third kappa shape index (κ3) is 6.79. The Morgan fingerprint density at radius 1 is 0.789 bits per heavy atom. The molecule has 0 aliphatic heterocycles. The summed E-state index contributed by atoms with van der Waals surface area (Å²) in [7, 11) is 0. The largest absolute Gasteiger partial charge is 0.480 e. The van der Waals surface area contributed by atoms with Gasteiger partial charge < -0.3 is 20.7 Å². The monoisotopic (exact) mass is 547 g/mol. The van der Waals surface area contributed by atoms with Gasteiger partial charge in [0.15, 0.2) is 0 Å². The van der Waals surface area contributed by atoms with Crippen molar-refractivity contribution in [3.8, 4) is 0 Å². The molecular formula is C29H29N3O4S2. The number of thiol groups is 2. The maximum Gasteiger partial charge on any atom is 0.326 e. The number of aromatic amines is 1. The van der Waals surface area contributed by atoms with Gasteiger partial charge in [-0.25, -0.2) is 4.79 Å². The van der Waals surface area contributed by atoms with Crippen LogP contribution < -0.4 is 10.6 Å². The first-order valence-corrected chi connectivity index (χ1v) is 13.4. The molecule has 3 aromatic carbocycles. The highest BCUT2D eigenvalue weighted by molar-refractivity contribution is 7.79. The van der Waals surface area contributed by atoms with E-state index in [0.29, 0.717) is 17.1 Å². The minimum atomic E-state index is -1.16. The molecule has 2 unspecified atom stereocenters. The number of carboxylic acid groups (broad SMARTS) is 1. The molecule has 2 atom stereocenters. The zero-order valence-corrected chi connectivity index (χ0v) is 22.3. The minimum Gasteiger partial charge on any atom is -0.480 e. The number of para-hydroxylation sites is 1. The van der Waals surface area contributed by atoms with Crippen molar-refractivity contribution in [3.05, 3.63) is 107 Å². The second-order valence-corrected chi connectivity index (χ2v) is 9.67. The third-order valence-corrected chi connectivity index (χ3v) is 7.03. The fourth-order valence-corrected chi connectivity index (χ4v) is 4.73. The molecule has 4 rings (SSSR count). The highest BCUT2D eigenvalue weighted by Crippen LogP contribution is 2.20. The van der Waals surface area contributed by atoms with Gasteiger partial charge >= 0.3 is 5.97 Å². The van der Waals surface area contributed by atoms with Crippen molar-refractivity contribution >= 4 is 53.9 Å². The number of fused-ring (bicyclic) bond motifs is 1. The number of rotatable bonds is 11. The van der Waals surface area contributed by atoms with Crippen molar-refractivity contribution in [2.75, 3.05) is 0 Å². The van der Waals surface area contributed by atoms with E-state index in [1.807, 2.05) is 48.5 Å². The molecule has 4 aromatic rings. The first-order chi connectivity index (χ1) is 18.4. The van der Waals surface area contributed by atoms with Gasteiger partial charge in [0.2, 0.25) is 5.91 Å². The number of hydrogen-bond acceptors (Lipinski definition) is 5. The van der Waals surface area contributed by atoms with Crippen LogP contribution in [0.25, 0.3) is 10.9 Å². The molecule has 0 fully saturated rings. The van der Waals surface area contributed by atoms with Crippen LogP contribution in [0.5, 0.6) is 0 Å². The number of amides is 2. The van der Waals surface area contributed by atoms with E-state index in [1.165, 1.54) is 0 Å². The third-order valence-electron chi connectivity index (χ3n) is 6.30. The number of carboxylic acids is 1. The van der Waals surface area contributed by atoms with Gasteiger partial charge in [-0.2, -0.15) is 25.3 Å². The van der Waals surface area contributed by atoms with Crippen LogP contribution in [0.4, 0.5) is 0 Å². The highest BCUT2D eigenvalue weighted by atomic mass is 32.1. The van der Waals surface area contributed by atoms with Crippen molar-refractivity contribution in [2.45, 2.75) is 36.4 Å². The molecule has 0 aliphatic rings. The zero-order chi connectivity index (χ0) is 27.1. The van der Waals surface area contributed by atoms with Crippen LogP contribution in [0.1, 0.15) is 32.6 Å². The summed E-state index contributed by atoms with van der Waals surface area (Å²) in [6.07, 6.45) is 2.09. The molecule has 0 saturated heterocycles. The number of H-pyrrole nitrogens is 1. The van der Waals surface area contributed by atoms with Gasteiger partial charge in [0, 0.05) is 47.0 Å². The van der Waals surface area contributed by atoms with Gasteiger partial charge in [-0.1, -0.05) is 54.6 Å². The molecule has 2 amide bonds. The average Bonchev–Trinajstić information content (AvgIpc) is 3.35. The second-order valence-electron chi connectivity index (χ2n) is 9.03. The van der Waals surface area contributed by atoms with Gasteiger partial charge in [0.25, 0.3) is 5.91 Å². The molecule has 1 heterocycles. The minimum absolute atomic E-state index is 0.116. The molecule has 38 heavy (non-hydrogen) atoms. The summed E-state index contributed by atoms with van der Waals surface area (Å²) < 4.78 is 0. The van der Waals surface area contributed by atoms with Crippen LogP contribution in [0.15, 0.2) is 79.0 Å². The first-order valence-electron chi connectivity index (χ1n) is 12.2. The predicted molar refractivity (Wildman–Crippen MR) is 155 cm³/mol. The molecule has 1 aromatic heterocycles. The van der Waals surface area contributed by atoms with Crippen LogP contribution in [-0.2, 0) is 33.9 Å².